The van der Waals surface area contributed by atoms with Crippen LogP contribution < -0.4 is 5.32 Å². The fourth-order valence-electron chi connectivity index (χ4n) is 3.14. The number of likely N-dealkylation sites (tertiary alicyclic amines) is 1. The summed E-state index contributed by atoms with van der Waals surface area (Å²) in [7, 11) is 0. The summed E-state index contributed by atoms with van der Waals surface area (Å²) in [5, 5.41) is 3.40. The van der Waals surface area contributed by atoms with Crippen molar-refractivity contribution in [2.24, 2.45) is 5.41 Å². The molecule has 2 fully saturated rings. The molecule has 0 radical (unpaired) electrons. The normalized spacial score (nSPS) is 27.9. The van der Waals surface area contributed by atoms with Crippen molar-refractivity contribution in [2.45, 2.75) is 58.5 Å². The third kappa shape index (κ3) is 3.93. The van der Waals surface area contributed by atoms with Crippen molar-refractivity contribution in [3.8, 4) is 0 Å². The molecular weight excluding hydrogens is 240 g/mol. The van der Waals surface area contributed by atoms with Crippen LogP contribution in [0, 0.1) is 5.41 Å². The van der Waals surface area contributed by atoms with Crippen molar-refractivity contribution in [3.05, 3.63) is 0 Å². The van der Waals surface area contributed by atoms with Crippen molar-refractivity contribution in [2.75, 3.05) is 26.3 Å². The van der Waals surface area contributed by atoms with E-state index in [0.29, 0.717) is 11.9 Å². The molecular formula is C15H28N2O2. The van der Waals surface area contributed by atoms with Crippen LogP contribution in [-0.2, 0) is 9.53 Å². The zero-order valence-corrected chi connectivity index (χ0v) is 12.6. The van der Waals surface area contributed by atoms with Gasteiger partial charge < -0.3 is 15.0 Å². The molecule has 2 aliphatic heterocycles. The Morgan fingerprint density at radius 2 is 2.11 bits per heavy atom. The molecule has 19 heavy (non-hydrogen) atoms. The molecule has 1 amide bonds. The lowest BCUT2D eigenvalue weighted by molar-refractivity contribution is -0.139. The van der Waals surface area contributed by atoms with E-state index < -0.39 is 0 Å². The van der Waals surface area contributed by atoms with E-state index in [0.717, 1.165) is 52.0 Å². The van der Waals surface area contributed by atoms with E-state index in [-0.39, 0.29) is 11.5 Å². The Balaban J connectivity index is 1.93. The first-order chi connectivity index (χ1) is 9.00. The van der Waals surface area contributed by atoms with E-state index in [2.05, 4.69) is 31.0 Å². The van der Waals surface area contributed by atoms with Gasteiger partial charge in [-0.25, -0.2) is 0 Å². The SMILES string of the molecule is CC(C)NC1CCCN(CC2(C)CCOCC2)C1=O. The maximum Gasteiger partial charge on any atom is 0.239 e. The van der Waals surface area contributed by atoms with E-state index >= 15 is 0 Å². The number of ether oxygens (including phenoxy) is 1. The molecule has 4 heteroatoms. The van der Waals surface area contributed by atoms with Crippen LogP contribution in [0.1, 0.15) is 46.5 Å². The van der Waals surface area contributed by atoms with Crippen LogP contribution in [-0.4, -0.2) is 49.2 Å². The van der Waals surface area contributed by atoms with Crippen molar-refractivity contribution in [1.82, 2.24) is 10.2 Å². The highest BCUT2D eigenvalue weighted by Crippen LogP contribution is 2.31. The number of hydrogen-bond donors (Lipinski definition) is 1. The van der Waals surface area contributed by atoms with Crippen molar-refractivity contribution >= 4 is 5.91 Å². The molecule has 0 aromatic carbocycles. The summed E-state index contributed by atoms with van der Waals surface area (Å²) in [4.78, 5) is 14.6. The number of nitrogens with zero attached hydrogens (tertiary/aromatic N) is 1. The van der Waals surface area contributed by atoms with Crippen LogP contribution in [0.2, 0.25) is 0 Å². The Morgan fingerprint density at radius 3 is 2.74 bits per heavy atom. The molecule has 1 atom stereocenters. The van der Waals surface area contributed by atoms with Gasteiger partial charge in [-0.3, -0.25) is 4.79 Å². The topological polar surface area (TPSA) is 41.6 Å². The Bertz CT molecular complexity index is 311. The fourth-order valence-corrected chi connectivity index (χ4v) is 3.14. The van der Waals surface area contributed by atoms with Crippen molar-refractivity contribution in [3.63, 3.8) is 0 Å². The summed E-state index contributed by atoms with van der Waals surface area (Å²) < 4.78 is 5.44. The molecule has 1 N–H and O–H groups in total. The van der Waals surface area contributed by atoms with Crippen LogP contribution in [0.15, 0.2) is 0 Å². The maximum atomic E-state index is 12.5. The first-order valence-corrected chi connectivity index (χ1v) is 7.63. The van der Waals surface area contributed by atoms with Crippen LogP contribution in [0.5, 0.6) is 0 Å². The number of nitrogens with one attached hydrogen (secondary N) is 1. The van der Waals surface area contributed by atoms with Crippen LogP contribution in [0.3, 0.4) is 0 Å². The minimum Gasteiger partial charge on any atom is -0.381 e. The summed E-state index contributed by atoms with van der Waals surface area (Å²) in [6, 6.07) is 0.393. The van der Waals surface area contributed by atoms with Gasteiger partial charge in [0.15, 0.2) is 0 Å². The van der Waals surface area contributed by atoms with Gasteiger partial charge in [-0.2, -0.15) is 0 Å². The molecule has 0 saturated carbocycles. The van der Waals surface area contributed by atoms with E-state index in [1.165, 1.54) is 0 Å². The maximum absolute atomic E-state index is 12.5. The molecule has 1 unspecified atom stereocenters. The second-order valence-corrected chi connectivity index (χ2v) is 6.70. The number of carbonyl (C=O) groups is 1. The van der Waals surface area contributed by atoms with Gasteiger partial charge in [-0.1, -0.05) is 20.8 Å². The molecule has 2 rings (SSSR count). The smallest absolute Gasteiger partial charge is 0.239 e. The van der Waals surface area contributed by atoms with Gasteiger partial charge in [-0.15, -0.1) is 0 Å². The van der Waals surface area contributed by atoms with Gasteiger partial charge in [0.25, 0.3) is 0 Å². The van der Waals surface area contributed by atoms with E-state index in [9.17, 15) is 4.79 Å². The largest absolute Gasteiger partial charge is 0.381 e. The summed E-state index contributed by atoms with van der Waals surface area (Å²) in [6.07, 6.45) is 4.23. The minimum atomic E-state index is 0.0252. The second-order valence-electron chi connectivity index (χ2n) is 6.70. The highest BCUT2D eigenvalue weighted by molar-refractivity contribution is 5.82. The minimum absolute atomic E-state index is 0.0252. The number of rotatable bonds is 4. The number of amides is 1. The van der Waals surface area contributed by atoms with Crippen molar-refractivity contribution in [1.29, 1.82) is 0 Å². The van der Waals surface area contributed by atoms with Crippen LogP contribution in [0.4, 0.5) is 0 Å². The highest BCUT2D eigenvalue weighted by atomic mass is 16.5. The lowest BCUT2D eigenvalue weighted by Crippen LogP contribution is -2.54. The van der Waals surface area contributed by atoms with E-state index in [4.69, 9.17) is 4.74 Å². The molecule has 2 aliphatic rings. The average molecular weight is 268 g/mol. The Kier molecular flexibility index (Phi) is 4.85. The number of hydrogen-bond acceptors (Lipinski definition) is 3. The molecule has 4 nitrogen and oxygen atoms in total. The predicted molar refractivity (Wildman–Crippen MR) is 76.0 cm³/mol. The molecule has 0 aromatic rings. The number of carbonyl (C=O) groups excluding carboxylic acids is 1. The average Bonchev–Trinajstić information content (AvgIpc) is 2.34. The number of piperidine rings is 1. The van der Waals surface area contributed by atoms with Gasteiger partial charge in [0.2, 0.25) is 5.91 Å². The second kappa shape index (κ2) is 6.23. The molecule has 0 aliphatic carbocycles. The van der Waals surface area contributed by atoms with Crippen LogP contribution in [0.25, 0.3) is 0 Å². The summed E-state index contributed by atoms with van der Waals surface area (Å²) in [6.45, 7) is 10.00. The quantitative estimate of drug-likeness (QED) is 0.845. The first kappa shape index (κ1) is 14.8. The molecule has 0 spiro atoms. The summed E-state index contributed by atoms with van der Waals surface area (Å²) in [5.74, 6) is 0.299. The van der Waals surface area contributed by atoms with Gasteiger partial charge >= 0.3 is 0 Å². The van der Waals surface area contributed by atoms with E-state index in [1.807, 2.05) is 0 Å². The third-order valence-corrected chi connectivity index (χ3v) is 4.34. The van der Waals surface area contributed by atoms with Gasteiger partial charge in [0.1, 0.15) is 0 Å². The monoisotopic (exact) mass is 268 g/mol. The first-order valence-electron chi connectivity index (χ1n) is 7.63. The third-order valence-electron chi connectivity index (χ3n) is 4.34. The van der Waals surface area contributed by atoms with Crippen LogP contribution >= 0.6 is 0 Å². The Hall–Kier alpha value is -0.610. The van der Waals surface area contributed by atoms with Crippen molar-refractivity contribution < 1.29 is 9.53 Å². The Morgan fingerprint density at radius 1 is 1.42 bits per heavy atom. The van der Waals surface area contributed by atoms with E-state index in [1.54, 1.807) is 0 Å². The molecule has 0 aromatic heterocycles. The summed E-state index contributed by atoms with van der Waals surface area (Å²) >= 11 is 0. The lowest BCUT2D eigenvalue weighted by atomic mass is 9.81. The predicted octanol–water partition coefficient (Wildman–Crippen LogP) is 1.79. The molecule has 110 valence electrons. The summed E-state index contributed by atoms with van der Waals surface area (Å²) in [5.41, 5.74) is 0.244. The fraction of sp³-hybridized carbons (Fsp3) is 0.933. The van der Waals surface area contributed by atoms with Gasteiger partial charge in [0.05, 0.1) is 6.04 Å². The van der Waals surface area contributed by atoms with Gasteiger partial charge in [0, 0.05) is 32.3 Å². The molecule has 2 saturated heterocycles. The lowest BCUT2D eigenvalue weighted by Gasteiger charge is -2.41. The molecule has 0 bridgehead atoms. The zero-order chi connectivity index (χ0) is 13.9. The standard InChI is InChI=1S/C15H28N2O2/c1-12(2)16-13-5-4-8-17(14(13)18)11-15(3)6-9-19-10-7-15/h12-13,16H,4-11H2,1-3H3. The molecule has 2 heterocycles. The zero-order valence-electron chi connectivity index (χ0n) is 12.6. The van der Waals surface area contributed by atoms with Gasteiger partial charge in [-0.05, 0) is 31.1 Å². The Labute approximate surface area is 116 Å². The highest BCUT2D eigenvalue weighted by Gasteiger charge is 2.35.